The number of nitrogens with zero attached hydrogens (tertiary/aromatic N) is 1. The quantitative estimate of drug-likeness (QED) is 0.0596. The minimum absolute atomic E-state index is 0.0178. The van der Waals surface area contributed by atoms with Gasteiger partial charge in [0, 0.05) is 24.1 Å². The van der Waals surface area contributed by atoms with Crippen LogP contribution in [0.4, 0.5) is 0 Å². The number of phosphoric ester groups is 1. The third-order valence-corrected chi connectivity index (χ3v) is 10.8. The van der Waals surface area contributed by atoms with Crippen LogP contribution in [0.15, 0.2) is 15.8 Å². The third-order valence-electron chi connectivity index (χ3n) is 8.69. The van der Waals surface area contributed by atoms with Crippen LogP contribution in [0.25, 0.3) is 0 Å². The molecule has 0 radical (unpaired) electrons. The van der Waals surface area contributed by atoms with E-state index in [9.17, 15) is 19.0 Å². The summed E-state index contributed by atoms with van der Waals surface area (Å²) in [5.41, 5.74) is -0.575. The van der Waals surface area contributed by atoms with Gasteiger partial charge in [-0.1, -0.05) is 117 Å². The van der Waals surface area contributed by atoms with Gasteiger partial charge in [0.1, 0.15) is 6.23 Å². The fourth-order valence-corrected chi connectivity index (χ4v) is 7.56. The molecule has 1 aliphatic rings. The molecule has 1 aliphatic heterocycles. The first-order valence-corrected chi connectivity index (χ1v) is 21.2. The van der Waals surface area contributed by atoms with Crippen LogP contribution in [-0.2, 0) is 23.1 Å². The normalized spacial score (nSPS) is 18.5. The highest BCUT2D eigenvalue weighted by Gasteiger charge is 2.31. The molecule has 2 unspecified atom stereocenters. The second kappa shape index (κ2) is 25.9. The second-order valence-corrected chi connectivity index (χ2v) is 15.7. The van der Waals surface area contributed by atoms with Crippen molar-refractivity contribution < 1.29 is 28.0 Å². The minimum Gasteiger partial charge on any atom is -0.375 e. The van der Waals surface area contributed by atoms with Crippen molar-refractivity contribution in [3.63, 3.8) is 0 Å². The maximum Gasteiger partial charge on any atom is 0.472 e. The Hall–Kier alpha value is -0.940. The second-order valence-electron chi connectivity index (χ2n) is 13.1. The van der Waals surface area contributed by atoms with Gasteiger partial charge >= 0.3 is 13.5 Å². The van der Waals surface area contributed by atoms with Crippen molar-refractivity contribution in [2.24, 2.45) is 0 Å². The fraction of sp³-hybridized carbons (Fsp3) is 0.886. The molecule has 0 aromatic carbocycles. The van der Waals surface area contributed by atoms with Crippen LogP contribution in [0.2, 0.25) is 0 Å². The van der Waals surface area contributed by atoms with E-state index >= 15 is 0 Å². The van der Waals surface area contributed by atoms with Gasteiger partial charge in [0.2, 0.25) is 0 Å². The number of unbranched alkanes of at least 4 members (excludes halogenated alkanes) is 16. The van der Waals surface area contributed by atoms with E-state index in [0.717, 1.165) is 18.6 Å². The van der Waals surface area contributed by atoms with E-state index in [-0.39, 0.29) is 19.3 Å². The van der Waals surface area contributed by atoms with Gasteiger partial charge in [-0.2, -0.15) is 11.8 Å². The highest BCUT2D eigenvalue weighted by atomic mass is 32.2. The van der Waals surface area contributed by atoms with Gasteiger partial charge in [-0.15, -0.1) is 0 Å². The lowest BCUT2D eigenvalue weighted by atomic mass is 10.1. The van der Waals surface area contributed by atoms with Crippen LogP contribution in [0.1, 0.15) is 154 Å². The number of nitrogens with one attached hydrogen (secondary N) is 1. The van der Waals surface area contributed by atoms with Gasteiger partial charge < -0.3 is 14.4 Å². The van der Waals surface area contributed by atoms with Crippen molar-refractivity contribution in [1.29, 1.82) is 0 Å². The van der Waals surface area contributed by atoms with Gasteiger partial charge in [0.05, 0.1) is 25.4 Å². The average molecular weight is 705 g/mol. The van der Waals surface area contributed by atoms with Crippen LogP contribution < -0.4 is 11.2 Å². The molecule has 12 heteroatoms. The summed E-state index contributed by atoms with van der Waals surface area (Å²) >= 11 is 1.82. The molecule has 1 fully saturated rings. The molecule has 0 bridgehead atoms. The first-order chi connectivity index (χ1) is 22.8. The molecule has 2 N–H and O–H groups in total. The molecule has 0 amide bonds. The zero-order valence-corrected chi connectivity index (χ0v) is 31.3. The molecule has 4 atom stereocenters. The lowest BCUT2D eigenvalue weighted by molar-refractivity contribution is -0.0293. The average Bonchev–Trinajstić information content (AvgIpc) is 3.52. The van der Waals surface area contributed by atoms with Crippen molar-refractivity contribution in [3.8, 4) is 0 Å². The lowest BCUT2D eigenvalue weighted by Gasteiger charge is -2.21. The number of thioether (sulfide) groups is 1. The Bertz CT molecular complexity index is 1100. The van der Waals surface area contributed by atoms with Crippen molar-refractivity contribution in [2.45, 2.75) is 168 Å². The first kappa shape index (κ1) is 42.2. The van der Waals surface area contributed by atoms with Crippen molar-refractivity contribution in [1.82, 2.24) is 9.55 Å². The van der Waals surface area contributed by atoms with Crippen LogP contribution in [0, 0.1) is 6.92 Å². The molecule has 1 saturated heterocycles. The number of rotatable bonds is 30. The summed E-state index contributed by atoms with van der Waals surface area (Å²) in [6, 6.07) is 0. The van der Waals surface area contributed by atoms with E-state index < -0.39 is 31.4 Å². The predicted octanol–water partition coefficient (Wildman–Crippen LogP) is 8.84. The standard InChI is InChI=1S/C35H65N2O8PS/c1-4-6-8-10-12-14-15-17-19-21-25-47-29-32(42-24-20-18-16-13-11-9-7-5-2)28-44-46(40,41)43-27-31-22-23-33(45-31)37-26-30(3)34(38)36-35(37)39/h26,31-33H,4-25,27-29H2,1-3H3,(H,40,41)(H,36,38,39)/t31-,32?,33+/m0/s1. The number of aromatic nitrogens is 2. The Morgan fingerprint density at radius 2 is 1.47 bits per heavy atom. The largest absolute Gasteiger partial charge is 0.472 e. The van der Waals surface area contributed by atoms with Crippen molar-refractivity contribution >= 4 is 19.6 Å². The van der Waals surface area contributed by atoms with Crippen molar-refractivity contribution in [2.75, 3.05) is 31.3 Å². The highest BCUT2D eigenvalue weighted by Crippen LogP contribution is 2.44. The molecular weight excluding hydrogens is 639 g/mol. The predicted molar refractivity (Wildman–Crippen MR) is 192 cm³/mol. The Labute approximate surface area is 288 Å². The van der Waals surface area contributed by atoms with Crippen molar-refractivity contribution in [3.05, 3.63) is 32.6 Å². The van der Waals surface area contributed by atoms with Gasteiger partial charge in [-0.3, -0.25) is 23.4 Å². The van der Waals surface area contributed by atoms with E-state index in [1.165, 1.54) is 113 Å². The minimum atomic E-state index is -4.33. The maximum absolute atomic E-state index is 12.8. The van der Waals surface area contributed by atoms with E-state index in [1.54, 1.807) is 6.92 Å². The number of hydrogen-bond acceptors (Lipinski definition) is 8. The first-order valence-electron chi connectivity index (χ1n) is 18.5. The zero-order valence-electron chi connectivity index (χ0n) is 29.6. The zero-order chi connectivity index (χ0) is 34.2. The number of H-pyrrole nitrogens is 1. The molecule has 0 saturated carbocycles. The molecule has 2 heterocycles. The van der Waals surface area contributed by atoms with Crippen LogP contribution in [-0.4, -0.2) is 58.0 Å². The molecule has 47 heavy (non-hydrogen) atoms. The Kier molecular flexibility index (Phi) is 23.3. The highest BCUT2D eigenvalue weighted by molar-refractivity contribution is 7.99. The Balaban J connectivity index is 1.71. The lowest BCUT2D eigenvalue weighted by Crippen LogP contribution is -2.33. The van der Waals surface area contributed by atoms with Crippen LogP contribution in [0.3, 0.4) is 0 Å². The molecule has 10 nitrogen and oxygen atoms in total. The molecule has 2 rings (SSSR count). The Morgan fingerprint density at radius 3 is 2.09 bits per heavy atom. The van der Waals surface area contributed by atoms with Gasteiger partial charge in [-0.25, -0.2) is 9.36 Å². The van der Waals surface area contributed by atoms with E-state index in [1.807, 2.05) is 11.8 Å². The topological polar surface area (TPSA) is 129 Å². The molecule has 274 valence electrons. The monoisotopic (exact) mass is 704 g/mol. The summed E-state index contributed by atoms with van der Waals surface area (Å²) in [6.07, 6.45) is 24.0. The summed E-state index contributed by atoms with van der Waals surface area (Å²) in [6.45, 7) is 6.56. The Morgan fingerprint density at radius 1 is 0.894 bits per heavy atom. The smallest absolute Gasteiger partial charge is 0.375 e. The summed E-state index contributed by atoms with van der Waals surface area (Å²) in [5, 5.41) is 0. The van der Waals surface area contributed by atoms with Gasteiger partial charge in [0.15, 0.2) is 0 Å². The number of ether oxygens (including phenoxy) is 2. The maximum atomic E-state index is 12.8. The van der Waals surface area contributed by atoms with Crippen LogP contribution >= 0.6 is 19.6 Å². The molecule has 0 aliphatic carbocycles. The molecule has 1 aromatic rings. The number of hydrogen-bond donors (Lipinski definition) is 2. The van der Waals surface area contributed by atoms with E-state index in [0.29, 0.717) is 30.8 Å². The van der Waals surface area contributed by atoms with Gasteiger partial charge in [0.25, 0.3) is 5.56 Å². The fourth-order valence-electron chi connectivity index (χ4n) is 5.74. The van der Waals surface area contributed by atoms with Crippen LogP contribution in [0.5, 0.6) is 0 Å². The summed E-state index contributed by atoms with van der Waals surface area (Å²) in [4.78, 5) is 36.6. The third kappa shape index (κ3) is 19.7. The van der Waals surface area contributed by atoms with Gasteiger partial charge in [-0.05, 0) is 38.4 Å². The molecule has 0 spiro atoms. The molecular formula is C35H65N2O8PS. The summed E-state index contributed by atoms with van der Waals surface area (Å²) < 4.78 is 36.8. The summed E-state index contributed by atoms with van der Waals surface area (Å²) in [7, 11) is -4.33. The SMILES string of the molecule is CCCCCCCCCCCCSCC(COP(=O)(O)OC[C@@H]1CC[C@H](n2cc(C)c(=O)[nH]c2=O)O1)OCCCCCCCCCC. The molecule has 1 aromatic heterocycles. The number of phosphoric acid groups is 1. The number of aromatic amines is 1. The number of aryl methyl sites for hydroxylation is 1. The van der Waals surface area contributed by atoms with E-state index in [2.05, 4.69) is 18.8 Å². The summed E-state index contributed by atoms with van der Waals surface area (Å²) in [5.74, 6) is 1.74. The van der Waals surface area contributed by atoms with E-state index in [4.69, 9.17) is 18.5 Å².